The van der Waals surface area contributed by atoms with Crippen molar-refractivity contribution in [3.8, 4) is 11.5 Å². The molecule has 0 bridgehead atoms. The Kier molecular flexibility index (Phi) is 4.77. The molecule has 1 aromatic heterocycles. The van der Waals surface area contributed by atoms with Crippen molar-refractivity contribution in [2.45, 2.75) is 13.0 Å². The van der Waals surface area contributed by atoms with Crippen LogP contribution in [0.5, 0.6) is 11.5 Å². The predicted octanol–water partition coefficient (Wildman–Crippen LogP) is 3.02. The predicted molar refractivity (Wildman–Crippen MR) is 77.6 cm³/mol. The maximum Gasteiger partial charge on any atom is 0.341 e. The summed E-state index contributed by atoms with van der Waals surface area (Å²) in [4.78, 5) is 15.9. The molecule has 5 heteroatoms. The molecule has 5 nitrogen and oxygen atoms in total. The Labute approximate surface area is 123 Å². The number of hydrogen-bond acceptors (Lipinski definition) is 5. The monoisotopic (exact) mass is 287 g/mol. The zero-order valence-electron chi connectivity index (χ0n) is 12.2. The molecular weight excluding hydrogens is 270 g/mol. The molecule has 0 amide bonds. The van der Waals surface area contributed by atoms with Gasteiger partial charge in [-0.15, -0.1) is 0 Å². The van der Waals surface area contributed by atoms with Gasteiger partial charge in [-0.3, -0.25) is 4.98 Å². The number of carbonyl (C=O) groups excluding carboxylic acids is 1. The molecule has 1 atom stereocenters. The minimum absolute atomic E-state index is 0.279. The van der Waals surface area contributed by atoms with Crippen LogP contribution in [-0.4, -0.2) is 25.2 Å². The number of esters is 1. The van der Waals surface area contributed by atoms with Gasteiger partial charge in [0.05, 0.1) is 14.2 Å². The van der Waals surface area contributed by atoms with Gasteiger partial charge in [-0.25, -0.2) is 4.79 Å². The van der Waals surface area contributed by atoms with E-state index in [9.17, 15) is 4.79 Å². The first-order chi connectivity index (χ1) is 10.2. The fraction of sp³-hybridized carbons (Fsp3) is 0.250. The number of methoxy groups -OCH3 is 2. The molecular formula is C16H17NO4. The average Bonchev–Trinajstić information content (AvgIpc) is 2.55. The van der Waals surface area contributed by atoms with E-state index >= 15 is 0 Å². The molecule has 0 N–H and O–H groups in total. The van der Waals surface area contributed by atoms with E-state index in [1.54, 1.807) is 30.6 Å². The van der Waals surface area contributed by atoms with Crippen molar-refractivity contribution in [2.24, 2.45) is 0 Å². The fourth-order valence-corrected chi connectivity index (χ4v) is 1.93. The van der Waals surface area contributed by atoms with Gasteiger partial charge >= 0.3 is 5.97 Å². The Hall–Kier alpha value is -2.56. The van der Waals surface area contributed by atoms with Gasteiger partial charge in [0.15, 0.2) is 11.5 Å². The number of ether oxygens (including phenoxy) is 3. The highest BCUT2D eigenvalue weighted by molar-refractivity contribution is 5.93. The molecule has 0 spiro atoms. The Balaban J connectivity index is 2.36. The summed E-state index contributed by atoms with van der Waals surface area (Å²) in [7, 11) is 2.86. The lowest BCUT2D eigenvalue weighted by Gasteiger charge is -2.19. The molecule has 0 saturated carbocycles. The molecule has 1 unspecified atom stereocenters. The van der Waals surface area contributed by atoms with Gasteiger partial charge in [-0.2, -0.15) is 0 Å². The van der Waals surface area contributed by atoms with Crippen LogP contribution < -0.4 is 9.47 Å². The second-order valence-electron chi connectivity index (χ2n) is 4.37. The largest absolute Gasteiger partial charge is 0.493 e. The summed E-state index contributed by atoms with van der Waals surface area (Å²) in [6.07, 6.45) is 3.13. The number of rotatable bonds is 5. The highest BCUT2D eigenvalue weighted by Gasteiger charge is 2.20. The molecule has 0 saturated heterocycles. The summed E-state index contributed by atoms with van der Waals surface area (Å²) in [5.74, 6) is 0.374. The van der Waals surface area contributed by atoms with E-state index in [1.165, 1.54) is 14.2 Å². The molecule has 1 heterocycles. The molecule has 21 heavy (non-hydrogen) atoms. The Morgan fingerprint density at radius 2 is 2.00 bits per heavy atom. The van der Waals surface area contributed by atoms with Crippen LogP contribution >= 0.6 is 0 Å². The third-order valence-corrected chi connectivity index (χ3v) is 3.05. The molecule has 0 aliphatic rings. The summed E-state index contributed by atoms with van der Waals surface area (Å²) in [6, 6.07) is 8.83. The van der Waals surface area contributed by atoms with Gasteiger partial charge in [-0.05, 0) is 25.1 Å². The van der Waals surface area contributed by atoms with Crippen LogP contribution in [0.15, 0.2) is 42.7 Å². The van der Waals surface area contributed by atoms with Crippen LogP contribution in [0.25, 0.3) is 0 Å². The molecule has 0 fully saturated rings. The molecule has 0 aliphatic carbocycles. The summed E-state index contributed by atoms with van der Waals surface area (Å²) in [5, 5.41) is 0. The highest BCUT2D eigenvalue weighted by Crippen LogP contribution is 2.34. The van der Waals surface area contributed by atoms with Crippen molar-refractivity contribution in [3.05, 3.63) is 53.9 Å². The van der Waals surface area contributed by atoms with Crippen LogP contribution in [-0.2, 0) is 4.74 Å². The molecule has 110 valence electrons. The van der Waals surface area contributed by atoms with Gasteiger partial charge in [0, 0.05) is 18.0 Å². The Morgan fingerprint density at radius 3 is 2.62 bits per heavy atom. The van der Waals surface area contributed by atoms with Crippen LogP contribution in [0.4, 0.5) is 0 Å². The van der Waals surface area contributed by atoms with E-state index < -0.39 is 5.97 Å². The lowest BCUT2D eigenvalue weighted by atomic mass is 10.1. The fourth-order valence-electron chi connectivity index (χ4n) is 1.93. The Bertz CT molecular complexity index is 613. The van der Waals surface area contributed by atoms with E-state index in [0.717, 1.165) is 5.56 Å². The molecule has 1 aromatic carbocycles. The topological polar surface area (TPSA) is 57.7 Å². The van der Waals surface area contributed by atoms with Gasteiger partial charge in [-0.1, -0.05) is 12.1 Å². The lowest BCUT2D eigenvalue weighted by molar-refractivity contribution is 0.0592. The molecule has 2 aromatic rings. The number of hydrogen-bond donors (Lipinski definition) is 0. The van der Waals surface area contributed by atoms with Crippen LogP contribution in [0.3, 0.4) is 0 Å². The van der Waals surface area contributed by atoms with E-state index in [-0.39, 0.29) is 6.10 Å². The number of benzene rings is 1. The smallest absolute Gasteiger partial charge is 0.341 e. The van der Waals surface area contributed by atoms with E-state index in [1.807, 2.05) is 19.1 Å². The SMILES string of the molecule is COC(=O)c1cccc(OC)c1OC(C)c1cccnc1. The number of aromatic nitrogens is 1. The summed E-state index contributed by atoms with van der Waals surface area (Å²) >= 11 is 0. The maximum absolute atomic E-state index is 11.9. The molecule has 2 rings (SSSR count). The van der Waals surface area contributed by atoms with E-state index in [4.69, 9.17) is 14.2 Å². The maximum atomic E-state index is 11.9. The molecule has 0 aliphatic heterocycles. The first-order valence-corrected chi connectivity index (χ1v) is 6.49. The first-order valence-electron chi connectivity index (χ1n) is 6.49. The lowest BCUT2D eigenvalue weighted by Crippen LogP contribution is -2.10. The van der Waals surface area contributed by atoms with Crippen molar-refractivity contribution in [3.63, 3.8) is 0 Å². The van der Waals surface area contributed by atoms with Crippen molar-refractivity contribution in [1.82, 2.24) is 4.98 Å². The zero-order valence-corrected chi connectivity index (χ0v) is 12.2. The number of pyridine rings is 1. The Morgan fingerprint density at radius 1 is 1.19 bits per heavy atom. The van der Waals surface area contributed by atoms with Crippen molar-refractivity contribution < 1.29 is 19.0 Å². The van der Waals surface area contributed by atoms with Crippen LogP contribution in [0.2, 0.25) is 0 Å². The quantitative estimate of drug-likeness (QED) is 0.791. The first kappa shape index (κ1) is 14.8. The van der Waals surface area contributed by atoms with Gasteiger partial charge in [0.25, 0.3) is 0 Å². The van der Waals surface area contributed by atoms with E-state index in [0.29, 0.717) is 17.1 Å². The minimum Gasteiger partial charge on any atom is -0.493 e. The van der Waals surface area contributed by atoms with Crippen LogP contribution in [0.1, 0.15) is 28.9 Å². The second kappa shape index (κ2) is 6.74. The number of carbonyl (C=O) groups is 1. The van der Waals surface area contributed by atoms with Gasteiger partial charge in [0.1, 0.15) is 11.7 Å². The third-order valence-electron chi connectivity index (χ3n) is 3.05. The second-order valence-corrected chi connectivity index (χ2v) is 4.37. The van der Waals surface area contributed by atoms with Gasteiger partial charge < -0.3 is 14.2 Å². The summed E-state index contributed by atoms with van der Waals surface area (Å²) in [6.45, 7) is 1.88. The standard InChI is InChI=1S/C16H17NO4/c1-11(12-6-5-9-17-10-12)21-15-13(16(18)20-3)7-4-8-14(15)19-2/h4-11H,1-3H3. The molecule has 0 radical (unpaired) electrons. The normalized spacial score (nSPS) is 11.6. The zero-order chi connectivity index (χ0) is 15.2. The summed E-state index contributed by atoms with van der Waals surface area (Å²) in [5.41, 5.74) is 1.23. The summed E-state index contributed by atoms with van der Waals surface area (Å²) < 4.78 is 16.0. The average molecular weight is 287 g/mol. The van der Waals surface area contributed by atoms with Crippen molar-refractivity contribution >= 4 is 5.97 Å². The number of para-hydroxylation sites is 1. The number of nitrogens with zero attached hydrogens (tertiary/aromatic N) is 1. The van der Waals surface area contributed by atoms with Crippen molar-refractivity contribution in [2.75, 3.05) is 14.2 Å². The highest BCUT2D eigenvalue weighted by atomic mass is 16.5. The van der Waals surface area contributed by atoms with Crippen LogP contribution in [0, 0.1) is 0 Å². The minimum atomic E-state index is -0.470. The van der Waals surface area contributed by atoms with Crippen molar-refractivity contribution in [1.29, 1.82) is 0 Å². The third kappa shape index (κ3) is 3.31. The van der Waals surface area contributed by atoms with Gasteiger partial charge in [0.2, 0.25) is 0 Å². The van der Waals surface area contributed by atoms with E-state index in [2.05, 4.69) is 4.98 Å².